The molecule has 3 aromatic rings. The Kier molecular flexibility index (Phi) is 13.6. The lowest BCUT2D eigenvalue weighted by Crippen LogP contribution is -2.61. The van der Waals surface area contributed by atoms with Crippen LogP contribution in [0.15, 0.2) is 79.0 Å². The summed E-state index contributed by atoms with van der Waals surface area (Å²) >= 11 is 0. The summed E-state index contributed by atoms with van der Waals surface area (Å²) in [6, 6.07) is 11.7. The van der Waals surface area contributed by atoms with E-state index in [9.17, 15) is 43.5 Å². The smallest absolute Gasteiger partial charge is 0.333 e. The minimum atomic E-state index is -1.68. The minimum Gasteiger partial charge on any atom is -0.505 e. The van der Waals surface area contributed by atoms with Gasteiger partial charge in [-0.05, 0) is 49.4 Å². The number of carbonyl (C=O) groups excluding carboxylic acids is 8. The first kappa shape index (κ1) is 42.9. The summed E-state index contributed by atoms with van der Waals surface area (Å²) in [7, 11) is 1.47. The molecule has 6 amide bonds. The van der Waals surface area contributed by atoms with Crippen LogP contribution >= 0.6 is 0 Å². The number of rotatable bonds is 6. The van der Waals surface area contributed by atoms with Gasteiger partial charge < -0.3 is 40.5 Å². The van der Waals surface area contributed by atoms with E-state index in [1.807, 2.05) is 6.07 Å². The number of nitrogens with zero attached hydrogens (tertiary/aromatic N) is 4. The second-order valence-corrected chi connectivity index (χ2v) is 15.2. The predicted molar refractivity (Wildman–Crippen MR) is 213 cm³/mol. The Morgan fingerprint density at radius 3 is 2.22 bits per heavy atom. The number of nitrogens with one attached hydrogen (secondary N) is 3. The van der Waals surface area contributed by atoms with Crippen LogP contribution in [0.2, 0.25) is 0 Å². The van der Waals surface area contributed by atoms with Gasteiger partial charge in [-0.2, -0.15) is 0 Å². The molecule has 3 aliphatic heterocycles. The van der Waals surface area contributed by atoms with Gasteiger partial charge in [0.15, 0.2) is 11.7 Å². The molecule has 0 spiro atoms. The van der Waals surface area contributed by atoms with E-state index >= 15 is 0 Å². The van der Waals surface area contributed by atoms with E-state index in [4.69, 9.17) is 4.74 Å². The lowest BCUT2D eigenvalue weighted by atomic mass is 9.95. The Labute approximate surface area is 346 Å². The van der Waals surface area contributed by atoms with Crippen LogP contribution in [0.3, 0.4) is 0 Å². The van der Waals surface area contributed by atoms with Gasteiger partial charge in [0.25, 0.3) is 5.91 Å². The van der Waals surface area contributed by atoms with Gasteiger partial charge in [0.2, 0.25) is 29.5 Å². The highest BCUT2D eigenvalue weighted by Crippen LogP contribution is 2.26. The molecule has 17 heteroatoms. The van der Waals surface area contributed by atoms with Crippen LogP contribution in [0.1, 0.15) is 73.6 Å². The number of likely N-dealkylation sites (N-methyl/N-ethyl adjacent to an activating group) is 1. The molecule has 0 saturated carbocycles. The number of hydrogen-bond donors (Lipinski definition) is 4. The zero-order valence-electron chi connectivity index (χ0n) is 33.6. The average molecular weight is 824 g/mol. The summed E-state index contributed by atoms with van der Waals surface area (Å²) in [6.45, 7) is 3.03. The number of pyridine rings is 1. The van der Waals surface area contributed by atoms with E-state index in [0.29, 0.717) is 6.42 Å². The van der Waals surface area contributed by atoms with Crippen LogP contribution in [0, 0.1) is 0 Å². The molecule has 3 saturated heterocycles. The van der Waals surface area contributed by atoms with Gasteiger partial charge in [-0.1, -0.05) is 67.6 Å². The fourth-order valence-corrected chi connectivity index (χ4v) is 7.88. The van der Waals surface area contributed by atoms with Crippen LogP contribution in [0.5, 0.6) is 5.75 Å². The number of Topliss-reactive ketones (excluding diaryl/α,β-unsaturated/α-hetero) is 1. The van der Waals surface area contributed by atoms with Gasteiger partial charge in [0, 0.05) is 45.6 Å². The van der Waals surface area contributed by atoms with E-state index in [0.717, 1.165) is 5.56 Å². The Morgan fingerprint density at radius 1 is 0.850 bits per heavy atom. The molecule has 0 aliphatic carbocycles. The monoisotopic (exact) mass is 823 g/mol. The van der Waals surface area contributed by atoms with Crippen molar-refractivity contribution in [1.29, 1.82) is 0 Å². The first-order chi connectivity index (χ1) is 28.8. The first-order valence-corrected chi connectivity index (χ1v) is 20.0. The molecule has 17 nitrogen and oxygen atoms in total. The molecular weight excluding hydrogens is 775 g/mol. The van der Waals surface area contributed by atoms with Crippen molar-refractivity contribution >= 4 is 47.2 Å². The molecule has 0 bridgehead atoms. The number of fused-ring (bicyclic) bond motifs is 2. The van der Waals surface area contributed by atoms with E-state index in [1.165, 1.54) is 47.0 Å². The van der Waals surface area contributed by atoms with Gasteiger partial charge in [-0.15, -0.1) is 0 Å². The van der Waals surface area contributed by atoms with Crippen LogP contribution in [-0.2, 0) is 44.7 Å². The van der Waals surface area contributed by atoms with Gasteiger partial charge in [-0.25, -0.2) is 9.78 Å². The molecule has 6 rings (SSSR count). The van der Waals surface area contributed by atoms with E-state index < -0.39 is 95.2 Å². The van der Waals surface area contributed by atoms with Crippen LogP contribution < -0.4 is 16.0 Å². The molecule has 2 aromatic carbocycles. The molecule has 0 radical (unpaired) electrons. The van der Waals surface area contributed by atoms with Gasteiger partial charge >= 0.3 is 5.97 Å². The number of aromatic nitrogens is 1. The van der Waals surface area contributed by atoms with Gasteiger partial charge in [0.05, 0.1) is 0 Å². The number of hydrogen-bond acceptors (Lipinski definition) is 11. The Morgan fingerprint density at radius 2 is 1.53 bits per heavy atom. The number of piperidine rings is 1. The molecule has 4 heterocycles. The molecule has 4 N–H and O–H groups in total. The third-order valence-corrected chi connectivity index (χ3v) is 11.2. The van der Waals surface area contributed by atoms with Crippen molar-refractivity contribution in [2.75, 3.05) is 20.1 Å². The van der Waals surface area contributed by atoms with Crippen molar-refractivity contribution in [2.45, 2.75) is 94.7 Å². The van der Waals surface area contributed by atoms with Crippen molar-refractivity contribution < 1.29 is 48.2 Å². The molecular formula is C43H49N7O10. The second-order valence-electron chi connectivity index (χ2n) is 15.2. The predicted octanol–water partition coefficient (Wildman–Crippen LogP) is 1.20. The Balaban J connectivity index is 1.43. The third kappa shape index (κ3) is 9.45. The van der Waals surface area contributed by atoms with E-state index in [-0.39, 0.29) is 56.5 Å². The van der Waals surface area contributed by atoms with Crippen molar-refractivity contribution in [2.24, 2.45) is 0 Å². The maximum absolute atomic E-state index is 14.8. The average Bonchev–Trinajstić information content (AvgIpc) is 3.75. The zero-order valence-corrected chi connectivity index (χ0v) is 33.6. The number of benzene rings is 2. The number of cyclic esters (lactones) is 1. The number of aromatic hydroxyl groups is 1. The summed E-state index contributed by atoms with van der Waals surface area (Å²) in [5.74, 6) is -6.30. The fourth-order valence-electron chi connectivity index (χ4n) is 7.88. The SMILES string of the molecule is CC[C@@H]1NC(=O)[C@@H](NC(=O)c2ncccc2O)[C@@H](C)OC(=O)[C@H](c2ccccc2)NC(=O)[C@@H]2CC(=O)CCN2C(=O)[C@@H](Cc2ccccc2)N(C)C(=O)[C@H]2CCCN2C1=O. The first-order valence-electron chi connectivity index (χ1n) is 20.0. The molecule has 7 atom stereocenters. The summed E-state index contributed by atoms with van der Waals surface area (Å²) in [5.41, 5.74) is 0.560. The molecule has 316 valence electrons. The van der Waals surface area contributed by atoms with Crippen LogP contribution in [0.4, 0.5) is 0 Å². The van der Waals surface area contributed by atoms with Crippen molar-refractivity contribution in [3.8, 4) is 5.75 Å². The largest absolute Gasteiger partial charge is 0.505 e. The molecule has 3 fully saturated rings. The molecule has 0 unspecified atom stereocenters. The van der Waals surface area contributed by atoms with Crippen LogP contribution in [-0.4, -0.2) is 128 Å². The summed E-state index contributed by atoms with van der Waals surface area (Å²) < 4.78 is 5.83. The second kappa shape index (κ2) is 18.9. The Bertz CT molecular complexity index is 2120. The highest BCUT2D eigenvalue weighted by molar-refractivity contribution is 6.01. The Hall–Kier alpha value is -6.65. The highest BCUT2D eigenvalue weighted by Gasteiger charge is 2.45. The standard InChI is InChI=1S/C43H49N7O10/c1-4-29-40(56)49-21-12-17-30(49)41(57)48(3)32(23-26-13-7-5-8-14-26)42(58)50-22-19-28(51)24-31(50)37(53)47-35(27-15-9-6-10-16-27)43(59)60-25(2)34(38(54)45-29)46-39(55)36-33(52)18-11-20-44-36/h5-11,13-16,18,20,25,29-32,34-35,52H,4,12,17,19,21-24H2,1-3H3,(H,45,54)(H,46,55)(H,47,53)/t25-,29+,30-,31+,32-,34+,35+/m1/s1. The van der Waals surface area contributed by atoms with Gasteiger partial charge in [0.1, 0.15) is 47.8 Å². The molecule has 3 aliphatic rings. The van der Waals surface area contributed by atoms with E-state index in [2.05, 4.69) is 20.9 Å². The lowest BCUT2D eigenvalue weighted by Gasteiger charge is -2.40. The number of esters is 1. The van der Waals surface area contributed by atoms with Crippen molar-refractivity contribution in [3.63, 3.8) is 0 Å². The van der Waals surface area contributed by atoms with Crippen molar-refractivity contribution in [1.82, 2.24) is 35.6 Å². The maximum atomic E-state index is 14.8. The zero-order chi connectivity index (χ0) is 43.1. The van der Waals surface area contributed by atoms with E-state index in [1.54, 1.807) is 61.5 Å². The maximum Gasteiger partial charge on any atom is 0.333 e. The van der Waals surface area contributed by atoms with Crippen molar-refractivity contribution in [3.05, 3.63) is 95.8 Å². The molecule has 60 heavy (non-hydrogen) atoms. The van der Waals surface area contributed by atoms with Gasteiger partial charge in [-0.3, -0.25) is 33.6 Å². The number of ketones is 1. The highest BCUT2D eigenvalue weighted by atomic mass is 16.5. The quantitative estimate of drug-likeness (QED) is 0.259. The minimum absolute atomic E-state index is 0.0410. The summed E-state index contributed by atoms with van der Waals surface area (Å²) in [5, 5.41) is 18.2. The number of ether oxygens (including phenoxy) is 1. The topological polar surface area (TPSA) is 225 Å². The third-order valence-electron chi connectivity index (χ3n) is 11.2. The summed E-state index contributed by atoms with van der Waals surface area (Å²) in [4.78, 5) is 121. The number of carbonyl (C=O) groups is 8. The lowest BCUT2D eigenvalue weighted by molar-refractivity contribution is -0.156. The molecule has 1 aromatic heterocycles. The normalized spacial score (nSPS) is 26.1. The summed E-state index contributed by atoms with van der Waals surface area (Å²) in [6.07, 6.45) is 0.235. The number of amides is 6. The fraction of sp³-hybridized carbons (Fsp3) is 0.419. The van der Waals surface area contributed by atoms with Crippen LogP contribution in [0.25, 0.3) is 0 Å².